The van der Waals surface area contributed by atoms with E-state index in [-0.39, 0.29) is 12.8 Å². The number of ether oxygens (including phenoxy) is 2. The van der Waals surface area contributed by atoms with E-state index in [9.17, 15) is 19.2 Å². The van der Waals surface area contributed by atoms with Crippen molar-refractivity contribution in [1.29, 1.82) is 0 Å². The molecule has 7 nitrogen and oxygen atoms in total. The van der Waals surface area contributed by atoms with Crippen molar-refractivity contribution in [3.05, 3.63) is 12.7 Å². The summed E-state index contributed by atoms with van der Waals surface area (Å²) in [6.07, 6.45) is 0.130. The number of carbonyl (C=O) groups is 4. The predicted molar refractivity (Wildman–Crippen MR) is 57.8 cm³/mol. The van der Waals surface area contributed by atoms with E-state index in [1.807, 2.05) is 0 Å². The molecule has 0 N–H and O–H groups in total. The summed E-state index contributed by atoms with van der Waals surface area (Å²) in [5.74, 6) is -2.47. The van der Waals surface area contributed by atoms with Crippen LogP contribution >= 0.6 is 0 Å². The molecule has 98 valence electrons. The number of imide groups is 1. The van der Waals surface area contributed by atoms with Crippen molar-refractivity contribution in [3.63, 3.8) is 0 Å². The van der Waals surface area contributed by atoms with E-state index in [0.29, 0.717) is 0 Å². The average Bonchev–Trinajstić information content (AvgIpc) is 2.34. The number of likely N-dealkylation sites (tertiary alicyclic amines) is 1. The monoisotopic (exact) mass is 255 g/mol. The Morgan fingerprint density at radius 3 is 2.67 bits per heavy atom. The third-order valence-corrected chi connectivity index (χ3v) is 2.24. The third kappa shape index (κ3) is 3.16. The van der Waals surface area contributed by atoms with Crippen LogP contribution in [0.5, 0.6) is 0 Å². The predicted octanol–water partition coefficient (Wildman–Crippen LogP) is -0.246. The Kier molecular flexibility index (Phi) is 4.59. The van der Waals surface area contributed by atoms with Gasteiger partial charge in [-0.3, -0.25) is 14.4 Å². The fourth-order valence-electron chi connectivity index (χ4n) is 1.28. The number of rotatable bonds is 5. The van der Waals surface area contributed by atoms with Crippen molar-refractivity contribution in [2.24, 2.45) is 0 Å². The highest BCUT2D eigenvalue weighted by Gasteiger charge is 2.43. The average molecular weight is 255 g/mol. The maximum Gasteiger partial charge on any atom is 0.330 e. The van der Waals surface area contributed by atoms with Gasteiger partial charge in [0.2, 0.25) is 5.91 Å². The van der Waals surface area contributed by atoms with E-state index in [1.165, 1.54) is 0 Å². The highest BCUT2D eigenvalue weighted by molar-refractivity contribution is 6.01. The van der Waals surface area contributed by atoms with Crippen LogP contribution in [0.1, 0.15) is 19.8 Å². The molecule has 7 heteroatoms. The lowest BCUT2D eigenvalue weighted by atomic mass is 10.1. The smallest absolute Gasteiger partial charge is 0.330 e. The highest BCUT2D eigenvalue weighted by atomic mass is 16.6. The van der Waals surface area contributed by atoms with Crippen molar-refractivity contribution in [2.75, 3.05) is 6.61 Å². The van der Waals surface area contributed by atoms with Crippen LogP contribution in [0.15, 0.2) is 12.7 Å². The van der Waals surface area contributed by atoms with E-state index in [4.69, 9.17) is 4.74 Å². The maximum atomic E-state index is 11.5. The van der Waals surface area contributed by atoms with E-state index in [1.54, 1.807) is 6.92 Å². The minimum Gasteiger partial charge on any atom is -0.452 e. The minimum absolute atomic E-state index is 0.0348. The van der Waals surface area contributed by atoms with Crippen LogP contribution in [-0.2, 0) is 28.7 Å². The van der Waals surface area contributed by atoms with E-state index >= 15 is 0 Å². The van der Waals surface area contributed by atoms with Crippen molar-refractivity contribution >= 4 is 23.8 Å². The van der Waals surface area contributed by atoms with Crippen molar-refractivity contribution in [1.82, 2.24) is 4.90 Å². The number of nitrogens with zero attached hydrogens (tertiary/aromatic N) is 1. The van der Waals surface area contributed by atoms with E-state index < -0.39 is 36.6 Å². The Hall–Kier alpha value is -2.18. The second-order valence-corrected chi connectivity index (χ2v) is 3.47. The molecule has 2 amide bonds. The van der Waals surface area contributed by atoms with Gasteiger partial charge in [0, 0.05) is 12.5 Å². The van der Waals surface area contributed by atoms with Crippen LogP contribution in [0.25, 0.3) is 0 Å². The zero-order chi connectivity index (χ0) is 13.7. The van der Waals surface area contributed by atoms with Gasteiger partial charge in [0.25, 0.3) is 5.91 Å². The number of hydrogen-bond acceptors (Lipinski definition) is 6. The summed E-state index contributed by atoms with van der Waals surface area (Å²) in [5.41, 5.74) is 0. The van der Waals surface area contributed by atoms with Crippen molar-refractivity contribution in [2.45, 2.75) is 26.0 Å². The molecule has 0 spiro atoms. The number of amides is 2. The lowest BCUT2D eigenvalue weighted by Gasteiger charge is -2.37. The number of carbonyl (C=O) groups excluding carboxylic acids is 4. The molecule has 1 unspecified atom stereocenters. The molecule has 1 fully saturated rings. The van der Waals surface area contributed by atoms with Crippen LogP contribution in [0.3, 0.4) is 0 Å². The Balaban J connectivity index is 2.49. The van der Waals surface area contributed by atoms with Crippen LogP contribution < -0.4 is 0 Å². The van der Waals surface area contributed by atoms with Crippen molar-refractivity contribution in [3.8, 4) is 0 Å². The van der Waals surface area contributed by atoms with Gasteiger partial charge in [0.05, 0.1) is 6.42 Å². The summed E-state index contributed by atoms with van der Waals surface area (Å²) in [6.45, 7) is 4.17. The molecule has 1 rings (SSSR count). The van der Waals surface area contributed by atoms with Gasteiger partial charge in [-0.2, -0.15) is 0 Å². The quantitative estimate of drug-likeness (QED) is 0.382. The molecular formula is C11H13NO6. The summed E-state index contributed by atoms with van der Waals surface area (Å²) < 4.78 is 9.35. The SMILES string of the molecule is C=CC(=O)OCC(=O)N1C(=O)CC1OC(=O)CC. The fraction of sp³-hybridized carbons (Fsp3) is 0.455. The molecule has 1 atom stereocenters. The Bertz CT molecular complexity index is 402. The molecule has 0 bridgehead atoms. The molecule has 0 radical (unpaired) electrons. The molecule has 0 aromatic heterocycles. The first kappa shape index (κ1) is 13.9. The molecule has 0 saturated carbocycles. The van der Waals surface area contributed by atoms with Crippen LogP contribution in [-0.4, -0.2) is 41.5 Å². The van der Waals surface area contributed by atoms with E-state index in [0.717, 1.165) is 11.0 Å². The van der Waals surface area contributed by atoms with Gasteiger partial charge in [-0.15, -0.1) is 0 Å². The van der Waals surface area contributed by atoms with Gasteiger partial charge < -0.3 is 9.47 Å². The molecule has 0 aliphatic carbocycles. The van der Waals surface area contributed by atoms with Gasteiger partial charge in [-0.25, -0.2) is 9.69 Å². The van der Waals surface area contributed by atoms with Crippen molar-refractivity contribution < 1.29 is 28.7 Å². The highest BCUT2D eigenvalue weighted by Crippen LogP contribution is 2.21. The summed E-state index contributed by atoms with van der Waals surface area (Å²) in [5, 5.41) is 0. The topological polar surface area (TPSA) is 90.0 Å². The number of β-lactam (4-membered cyclic amide) rings is 1. The molecule has 1 aliphatic rings. The van der Waals surface area contributed by atoms with Gasteiger partial charge in [-0.05, 0) is 0 Å². The van der Waals surface area contributed by atoms with Gasteiger partial charge >= 0.3 is 11.9 Å². The first-order chi connectivity index (χ1) is 8.49. The largest absolute Gasteiger partial charge is 0.452 e. The van der Waals surface area contributed by atoms with Crippen LogP contribution in [0.2, 0.25) is 0 Å². The van der Waals surface area contributed by atoms with Crippen LogP contribution in [0.4, 0.5) is 0 Å². The lowest BCUT2D eigenvalue weighted by Crippen LogP contribution is -2.58. The zero-order valence-corrected chi connectivity index (χ0v) is 9.88. The second-order valence-electron chi connectivity index (χ2n) is 3.47. The molecule has 0 aromatic carbocycles. The molecule has 0 aromatic rings. The van der Waals surface area contributed by atoms with Gasteiger partial charge in [0.1, 0.15) is 0 Å². The summed E-state index contributed by atoms with van der Waals surface area (Å²) in [6, 6.07) is 0. The van der Waals surface area contributed by atoms with Gasteiger partial charge in [-0.1, -0.05) is 13.5 Å². The molecule has 18 heavy (non-hydrogen) atoms. The standard InChI is InChI=1S/C11H13NO6/c1-3-10(15)17-6-8(14)12-7(13)5-9(12)18-11(16)4-2/h3,9H,1,4-6H2,2H3. The first-order valence-electron chi connectivity index (χ1n) is 5.33. The maximum absolute atomic E-state index is 11.5. The molecular weight excluding hydrogens is 242 g/mol. The molecule has 1 aliphatic heterocycles. The Morgan fingerprint density at radius 2 is 2.17 bits per heavy atom. The van der Waals surface area contributed by atoms with Gasteiger partial charge in [0.15, 0.2) is 12.8 Å². The fourth-order valence-corrected chi connectivity index (χ4v) is 1.28. The second kappa shape index (κ2) is 5.95. The Morgan fingerprint density at radius 1 is 1.50 bits per heavy atom. The third-order valence-electron chi connectivity index (χ3n) is 2.24. The number of hydrogen-bond donors (Lipinski definition) is 0. The number of esters is 2. The summed E-state index contributed by atoms with van der Waals surface area (Å²) in [7, 11) is 0. The van der Waals surface area contributed by atoms with Crippen LogP contribution in [0, 0.1) is 0 Å². The lowest BCUT2D eigenvalue weighted by molar-refractivity contribution is -0.189. The summed E-state index contributed by atoms with van der Waals surface area (Å²) >= 11 is 0. The molecule has 1 saturated heterocycles. The Labute approximate surface area is 103 Å². The van der Waals surface area contributed by atoms with E-state index in [2.05, 4.69) is 11.3 Å². The normalized spacial score (nSPS) is 17.7. The zero-order valence-electron chi connectivity index (χ0n) is 9.88. The minimum atomic E-state index is -0.889. The molecule has 1 heterocycles. The first-order valence-corrected chi connectivity index (χ1v) is 5.33. The summed E-state index contributed by atoms with van der Waals surface area (Å²) in [4.78, 5) is 45.3.